The van der Waals surface area contributed by atoms with Crippen molar-refractivity contribution in [1.29, 1.82) is 0 Å². The number of hydrogen-bond acceptors (Lipinski definition) is 3. The number of nitrogens with zero attached hydrogens (tertiary/aromatic N) is 1. The van der Waals surface area contributed by atoms with Crippen LogP contribution in [0.25, 0.3) is 0 Å². The summed E-state index contributed by atoms with van der Waals surface area (Å²) < 4.78 is 0. The maximum Gasteiger partial charge on any atom is 0.234 e. The number of isocyanates is 1. The van der Waals surface area contributed by atoms with E-state index in [4.69, 9.17) is 12.2 Å². The molecule has 0 bridgehead atoms. The van der Waals surface area contributed by atoms with Crippen molar-refractivity contribution in [2.24, 2.45) is 4.99 Å². The second-order valence-corrected chi connectivity index (χ2v) is 2.96. The first-order chi connectivity index (χ1) is 5.84. The fraction of sp³-hybridized carbons (Fsp3) is 0.333. The van der Waals surface area contributed by atoms with Gasteiger partial charge in [-0.3, -0.25) is 0 Å². The molecule has 0 atom stereocenters. The first kappa shape index (κ1) is 9.04. The van der Waals surface area contributed by atoms with E-state index in [1.165, 1.54) is 6.08 Å². The molecule has 1 aliphatic rings. The van der Waals surface area contributed by atoms with Gasteiger partial charge in [0, 0.05) is 11.3 Å². The molecular formula is C9H9NOS. The van der Waals surface area contributed by atoms with Crippen LogP contribution in [0.3, 0.4) is 0 Å². The van der Waals surface area contributed by atoms with Crippen molar-refractivity contribution < 1.29 is 4.79 Å². The minimum absolute atomic E-state index is 0.489. The zero-order valence-electron chi connectivity index (χ0n) is 6.62. The molecule has 0 unspecified atom stereocenters. The first-order valence-electron chi connectivity index (χ1n) is 3.77. The molecule has 0 heterocycles. The van der Waals surface area contributed by atoms with Crippen LogP contribution in [0.1, 0.15) is 12.8 Å². The van der Waals surface area contributed by atoms with Gasteiger partial charge in [-0.25, -0.2) is 9.79 Å². The first-order valence-corrected chi connectivity index (χ1v) is 4.18. The van der Waals surface area contributed by atoms with Gasteiger partial charge in [0.25, 0.3) is 0 Å². The summed E-state index contributed by atoms with van der Waals surface area (Å²) in [7, 11) is 0. The highest BCUT2D eigenvalue weighted by Gasteiger charge is 2.04. The van der Waals surface area contributed by atoms with Gasteiger partial charge in [0.2, 0.25) is 6.08 Å². The number of carbonyl (C=O) groups excluding carboxylic acids is 1. The van der Waals surface area contributed by atoms with Gasteiger partial charge in [-0.05, 0) is 12.0 Å². The van der Waals surface area contributed by atoms with Gasteiger partial charge >= 0.3 is 0 Å². The molecule has 0 aliphatic heterocycles. The van der Waals surface area contributed by atoms with Crippen LogP contribution >= 0.6 is 12.2 Å². The molecule has 0 aromatic rings. The van der Waals surface area contributed by atoms with E-state index in [0.29, 0.717) is 6.54 Å². The predicted octanol–water partition coefficient (Wildman–Crippen LogP) is 1.97. The molecule has 3 heteroatoms. The van der Waals surface area contributed by atoms with E-state index in [0.717, 1.165) is 23.3 Å². The summed E-state index contributed by atoms with van der Waals surface area (Å²) in [6.07, 6.45) is 9.08. The normalized spacial score (nSPS) is 15.3. The minimum atomic E-state index is 0.489. The van der Waals surface area contributed by atoms with E-state index in [1.807, 2.05) is 18.2 Å². The quantitative estimate of drug-likeness (QED) is 0.376. The van der Waals surface area contributed by atoms with Crippen molar-refractivity contribution in [1.82, 2.24) is 0 Å². The average molecular weight is 179 g/mol. The summed E-state index contributed by atoms with van der Waals surface area (Å²) in [6, 6.07) is 0. The molecule has 12 heavy (non-hydrogen) atoms. The average Bonchev–Trinajstić information content (AvgIpc) is 2.09. The molecule has 0 aromatic carbocycles. The van der Waals surface area contributed by atoms with Crippen LogP contribution in [-0.2, 0) is 4.79 Å². The Labute approximate surface area is 76.7 Å². The molecule has 0 fully saturated rings. The molecule has 0 aromatic heterocycles. The van der Waals surface area contributed by atoms with E-state index in [2.05, 4.69) is 4.99 Å². The lowest BCUT2D eigenvalue weighted by Gasteiger charge is -2.07. The zero-order chi connectivity index (χ0) is 8.81. The van der Waals surface area contributed by atoms with E-state index < -0.39 is 0 Å². The van der Waals surface area contributed by atoms with Gasteiger partial charge in [0.15, 0.2) is 0 Å². The van der Waals surface area contributed by atoms with Crippen molar-refractivity contribution in [2.45, 2.75) is 12.8 Å². The molecule has 0 spiro atoms. The Hall–Kier alpha value is -1.05. The molecular weight excluding hydrogens is 170 g/mol. The van der Waals surface area contributed by atoms with E-state index in [9.17, 15) is 4.79 Å². The van der Waals surface area contributed by atoms with Gasteiger partial charge in [-0.15, -0.1) is 0 Å². The van der Waals surface area contributed by atoms with Crippen LogP contribution in [0, 0.1) is 0 Å². The van der Waals surface area contributed by atoms with Gasteiger partial charge in [0.1, 0.15) is 0 Å². The summed E-state index contributed by atoms with van der Waals surface area (Å²) in [4.78, 5) is 14.2. The highest BCUT2D eigenvalue weighted by molar-refractivity contribution is 7.80. The molecule has 2 nitrogen and oxygen atoms in total. The number of aliphatic imine (C=N–C) groups is 1. The second kappa shape index (κ2) is 4.75. The van der Waals surface area contributed by atoms with Gasteiger partial charge in [-0.1, -0.05) is 30.4 Å². The summed E-state index contributed by atoms with van der Waals surface area (Å²) >= 11 is 5.12. The smallest absolute Gasteiger partial charge is 0.211 e. The fourth-order valence-electron chi connectivity index (χ4n) is 1.03. The van der Waals surface area contributed by atoms with Crippen molar-refractivity contribution in [3.8, 4) is 0 Å². The Kier molecular flexibility index (Phi) is 3.58. The van der Waals surface area contributed by atoms with Gasteiger partial charge < -0.3 is 0 Å². The Morgan fingerprint density at radius 2 is 2.50 bits per heavy atom. The number of thiocarbonyl (C=S) groups is 1. The summed E-state index contributed by atoms with van der Waals surface area (Å²) in [5, 5.41) is 0. The lowest BCUT2D eigenvalue weighted by Crippen LogP contribution is -2.02. The molecule has 1 aliphatic carbocycles. The van der Waals surface area contributed by atoms with E-state index in [-0.39, 0.29) is 0 Å². The third-order valence-corrected chi connectivity index (χ3v) is 2.08. The molecule has 0 amide bonds. The topological polar surface area (TPSA) is 29.4 Å². The van der Waals surface area contributed by atoms with Crippen LogP contribution in [0.2, 0.25) is 0 Å². The van der Waals surface area contributed by atoms with Crippen LogP contribution in [0.15, 0.2) is 28.8 Å². The third kappa shape index (κ3) is 2.53. The highest BCUT2D eigenvalue weighted by atomic mass is 32.1. The van der Waals surface area contributed by atoms with Crippen LogP contribution in [-0.4, -0.2) is 17.5 Å². The molecule has 0 saturated carbocycles. The van der Waals surface area contributed by atoms with Crippen molar-refractivity contribution in [2.75, 3.05) is 6.54 Å². The Morgan fingerprint density at radius 3 is 3.17 bits per heavy atom. The maximum absolute atomic E-state index is 9.77. The summed E-state index contributed by atoms with van der Waals surface area (Å²) in [6.45, 7) is 0.489. The number of rotatable bonds is 3. The van der Waals surface area contributed by atoms with Gasteiger partial charge in [0.05, 0.1) is 6.54 Å². The van der Waals surface area contributed by atoms with Crippen LogP contribution in [0.4, 0.5) is 0 Å². The lowest BCUT2D eigenvalue weighted by molar-refractivity contribution is 0.563. The largest absolute Gasteiger partial charge is 0.234 e. The van der Waals surface area contributed by atoms with Crippen LogP contribution in [0.5, 0.6) is 0 Å². The van der Waals surface area contributed by atoms with Crippen LogP contribution < -0.4 is 0 Å². The number of allylic oxidation sites excluding steroid dienone is 3. The van der Waals surface area contributed by atoms with E-state index in [1.54, 1.807) is 0 Å². The summed E-state index contributed by atoms with van der Waals surface area (Å²) in [5.74, 6) is 0. The minimum Gasteiger partial charge on any atom is -0.211 e. The molecule has 0 N–H and O–H groups in total. The van der Waals surface area contributed by atoms with E-state index >= 15 is 0 Å². The lowest BCUT2D eigenvalue weighted by atomic mass is 10.0. The predicted molar refractivity (Wildman–Crippen MR) is 52.0 cm³/mol. The third-order valence-electron chi connectivity index (χ3n) is 1.65. The Balaban J connectivity index is 2.49. The SMILES string of the molecule is O=C=NCCC1=CC=CCC1=S. The van der Waals surface area contributed by atoms with Gasteiger partial charge in [-0.2, -0.15) is 0 Å². The zero-order valence-corrected chi connectivity index (χ0v) is 7.43. The fourth-order valence-corrected chi connectivity index (χ4v) is 1.29. The summed E-state index contributed by atoms with van der Waals surface area (Å²) in [5.41, 5.74) is 1.12. The Bertz CT molecular complexity index is 285. The second-order valence-electron chi connectivity index (χ2n) is 2.47. The molecule has 62 valence electrons. The molecule has 1 rings (SSSR count). The Morgan fingerprint density at radius 1 is 1.67 bits per heavy atom. The molecule has 0 saturated heterocycles. The monoisotopic (exact) mass is 179 g/mol. The van der Waals surface area contributed by atoms with Crippen molar-refractivity contribution in [3.05, 3.63) is 23.8 Å². The van der Waals surface area contributed by atoms with Crippen molar-refractivity contribution in [3.63, 3.8) is 0 Å². The molecule has 0 radical (unpaired) electrons. The number of hydrogen-bond donors (Lipinski definition) is 0. The van der Waals surface area contributed by atoms with Crippen molar-refractivity contribution >= 4 is 23.2 Å². The standard InChI is InChI=1S/C9H9NOS/c11-7-10-6-5-8-3-1-2-4-9(8)12/h1-3H,4-6H2. The maximum atomic E-state index is 9.77. The highest BCUT2D eigenvalue weighted by Crippen LogP contribution is 2.13.